The van der Waals surface area contributed by atoms with Crippen LogP contribution < -0.4 is 5.32 Å². The number of nitrogens with one attached hydrogen (secondary N) is 1. The van der Waals surface area contributed by atoms with Crippen LogP contribution >= 0.6 is 0 Å². The number of rotatable bonds is 12. The second-order valence-corrected chi connectivity index (χ2v) is 6.54. The predicted molar refractivity (Wildman–Crippen MR) is 109 cm³/mol. The van der Waals surface area contributed by atoms with Gasteiger partial charge in [-0.25, -0.2) is 0 Å². The summed E-state index contributed by atoms with van der Waals surface area (Å²) >= 11 is 0. The minimum absolute atomic E-state index is 0.0846. The highest BCUT2D eigenvalue weighted by atomic mass is 16.5. The van der Waals surface area contributed by atoms with Crippen molar-refractivity contribution in [2.24, 2.45) is 0 Å². The molecule has 2 aromatic rings. The third-order valence-corrected chi connectivity index (χ3v) is 4.40. The minimum Gasteiger partial charge on any atom is -0.379 e. The quantitative estimate of drug-likeness (QED) is 0.563. The summed E-state index contributed by atoms with van der Waals surface area (Å²) in [5.41, 5.74) is 3.26. The van der Waals surface area contributed by atoms with Crippen LogP contribution in [0.5, 0.6) is 0 Å². The van der Waals surface area contributed by atoms with Gasteiger partial charge in [0.1, 0.15) is 0 Å². The Balaban J connectivity index is 1.87. The van der Waals surface area contributed by atoms with Crippen molar-refractivity contribution in [1.82, 2.24) is 5.32 Å². The van der Waals surface area contributed by atoms with Crippen molar-refractivity contribution < 1.29 is 14.3 Å². The maximum Gasteiger partial charge on any atom is 0.227 e. The summed E-state index contributed by atoms with van der Waals surface area (Å²) in [5.74, 6) is -0.0114. The SMILES string of the molecule is CCCC(C(=O)NCc1cccc(COCCOCC)c1)c1ccccc1. The molecule has 146 valence electrons. The number of benzene rings is 2. The Bertz CT molecular complexity index is 672. The zero-order valence-electron chi connectivity index (χ0n) is 16.4. The molecule has 0 heterocycles. The summed E-state index contributed by atoms with van der Waals surface area (Å²) in [6.07, 6.45) is 1.82. The van der Waals surface area contributed by atoms with E-state index in [2.05, 4.69) is 18.3 Å². The van der Waals surface area contributed by atoms with Gasteiger partial charge in [-0.05, 0) is 30.0 Å². The lowest BCUT2D eigenvalue weighted by molar-refractivity contribution is -0.122. The normalized spacial score (nSPS) is 11.9. The van der Waals surface area contributed by atoms with E-state index in [1.54, 1.807) is 0 Å². The zero-order chi connectivity index (χ0) is 19.3. The molecule has 0 aliphatic rings. The second kappa shape index (κ2) is 12.3. The summed E-state index contributed by atoms with van der Waals surface area (Å²) in [5, 5.41) is 3.09. The van der Waals surface area contributed by atoms with Gasteiger partial charge in [0.05, 0.1) is 25.7 Å². The van der Waals surface area contributed by atoms with Gasteiger partial charge < -0.3 is 14.8 Å². The molecule has 2 aromatic carbocycles. The molecular formula is C23H31NO3. The highest BCUT2D eigenvalue weighted by molar-refractivity contribution is 5.83. The molecule has 0 fully saturated rings. The molecule has 0 bridgehead atoms. The van der Waals surface area contributed by atoms with E-state index in [4.69, 9.17) is 9.47 Å². The van der Waals surface area contributed by atoms with E-state index < -0.39 is 0 Å². The van der Waals surface area contributed by atoms with E-state index in [1.165, 1.54) is 0 Å². The topological polar surface area (TPSA) is 47.6 Å². The monoisotopic (exact) mass is 369 g/mol. The van der Waals surface area contributed by atoms with E-state index in [0.29, 0.717) is 33.0 Å². The van der Waals surface area contributed by atoms with Gasteiger partial charge in [0.2, 0.25) is 5.91 Å². The first-order chi connectivity index (χ1) is 13.2. The van der Waals surface area contributed by atoms with Gasteiger partial charge in [0.15, 0.2) is 0 Å². The van der Waals surface area contributed by atoms with E-state index in [-0.39, 0.29) is 11.8 Å². The Morgan fingerprint density at radius 2 is 1.70 bits per heavy atom. The number of amides is 1. The number of hydrogen-bond acceptors (Lipinski definition) is 3. The highest BCUT2D eigenvalue weighted by Gasteiger charge is 2.19. The standard InChI is InChI=1S/C23H31NO3/c1-3-9-22(21-12-6-5-7-13-21)23(25)24-17-19-10-8-11-20(16-19)18-27-15-14-26-4-2/h5-8,10-13,16,22H,3-4,9,14-15,17-18H2,1-2H3,(H,24,25). The number of ether oxygens (including phenoxy) is 2. The Labute approximate surface area is 162 Å². The smallest absolute Gasteiger partial charge is 0.227 e. The maximum absolute atomic E-state index is 12.7. The van der Waals surface area contributed by atoms with E-state index in [9.17, 15) is 4.79 Å². The summed E-state index contributed by atoms with van der Waals surface area (Å²) in [6, 6.07) is 18.2. The minimum atomic E-state index is -0.0960. The molecule has 0 aliphatic heterocycles. The molecule has 1 amide bonds. The van der Waals surface area contributed by atoms with Crippen molar-refractivity contribution in [2.75, 3.05) is 19.8 Å². The molecular weight excluding hydrogens is 338 g/mol. The third kappa shape index (κ3) is 7.53. The molecule has 4 nitrogen and oxygen atoms in total. The van der Waals surface area contributed by atoms with Gasteiger partial charge in [0, 0.05) is 13.2 Å². The van der Waals surface area contributed by atoms with E-state index in [0.717, 1.165) is 29.5 Å². The third-order valence-electron chi connectivity index (χ3n) is 4.40. The number of hydrogen-bond donors (Lipinski definition) is 1. The van der Waals surface area contributed by atoms with E-state index >= 15 is 0 Å². The van der Waals surface area contributed by atoms with Gasteiger partial charge in [-0.1, -0.05) is 67.9 Å². The molecule has 1 atom stereocenters. The fourth-order valence-electron chi connectivity index (χ4n) is 3.02. The molecule has 0 aliphatic carbocycles. The molecule has 1 unspecified atom stereocenters. The average molecular weight is 370 g/mol. The molecule has 2 rings (SSSR count). The first-order valence-electron chi connectivity index (χ1n) is 9.80. The maximum atomic E-state index is 12.7. The van der Waals surface area contributed by atoms with Crippen molar-refractivity contribution in [2.45, 2.75) is 45.8 Å². The number of carbonyl (C=O) groups is 1. The fraction of sp³-hybridized carbons (Fsp3) is 0.435. The van der Waals surface area contributed by atoms with Crippen LogP contribution in [0.15, 0.2) is 54.6 Å². The summed E-state index contributed by atoms with van der Waals surface area (Å²) < 4.78 is 10.9. The first kappa shape index (κ1) is 21.1. The van der Waals surface area contributed by atoms with Crippen LogP contribution in [0.1, 0.15) is 49.3 Å². The Morgan fingerprint density at radius 1 is 0.963 bits per heavy atom. The summed E-state index contributed by atoms with van der Waals surface area (Å²) in [4.78, 5) is 12.7. The molecule has 0 aromatic heterocycles. The Kier molecular flexibility index (Phi) is 9.60. The van der Waals surface area contributed by atoms with Gasteiger partial charge >= 0.3 is 0 Å². The van der Waals surface area contributed by atoms with Gasteiger partial charge in [-0.3, -0.25) is 4.79 Å². The lowest BCUT2D eigenvalue weighted by atomic mass is 9.93. The predicted octanol–water partition coefficient (Wildman–Crippen LogP) is 4.44. The van der Waals surface area contributed by atoms with Crippen LogP contribution in [0.4, 0.5) is 0 Å². The van der Waals surface area contributed by atoms with Crippen molar-refractivity contribution in [3.8, 4) is 0 Å². The largest absolute Gasteiger partial charge is 0.379 e. The highest BCUT2D eigenvalue weighted by Crippen LogP contribution is 2.21. The van der Waals surface area contributed by atoms with Gasteiger partial charge in [-0.2, -0.15) is 0 Å². The van der Waals surface area contributed by atoms with Crippen LogP contribution in [0.25, 0.3) is 0 Å². The van der Waals surface area contributed by atoms with Crippen molar-refractivity contribution in [3.05, 3.63) is 71.3 Å². The van der Waals surface area contributed by atoms with Crippen LogP contribution in [-0.2, 0) is 27.4 Å². The summed E-state index contributed by atoms with van der Waals surface area (Å²) in [7, 11) is 0. The average Bonchev–Trinajstić information content (AvgIpc) is 2.71. The van der Waals surface area contributed by atoms with Crippen molar-refractivity contribution in [3.63, 3.8) is 0 Å². The van der Waals surface area contributed by atoms with Crippen molar-refractivity contribution >= 4 is 5.91 Å². The van der Waals surface area contributed by atoms with Crippen molar-refractivity contribution in [1.29, 1.82) is 0 Å². The molecule has 27 heavy (non-hydrogen) atoms. The molecule has 0 radical (unpaired) electrons. The van der Waals surface area contributed by atoms with Gasteiger partial charge in [-0.15, -0.1) is 0 Å². The lowest BCUT2D eigenvalue weighted by Crippen LogP contribution is -2.29. The van der Waals surface area contributed by atoms with E-state index in [1.807, 2.05) is 55.5 Å². The Morgan fingerprint density at radius 3 is 2.44 bits per heavy atom. The molecule has 0 spiro atoms. The fourth-order valence-corrected chi connectivity index (χ4v) is 3.02. The molecule has 4 heteroatoms. The molecule has 1 N–H and O–H groups in total. The number of carbonyl (C=O) groups excluding carboxylic acids is 1. The summed E-state index contributed by atoms with van der Waals surface area (Å²) in [6.45, 7) is 7.07. The Hall–Kier alpha value is -2.17. The molecule has 0 saturated carbocycles. The molecule has 0 saturated heterocycles. The van der Waals surface area contributed by atoms with Crippen LogP contribution in [0.3, 0.4) is 0 Å². The lowest BCUT2D eigenvalue weighted by Gasteiger charge is -2.17. The second-order valence-electron chi connectivity index (χ2n) is 6.54. The van der Waals surface area contributed by atoms with Gasteiger partial charge in [0.25, 0.3) is 0 Å². The van der Waals surface area contributed by atoms with Crippen LogP contribution in [-0.4, -0.2) is 25.7 Å². The zero-order valence-corrected chi connectivity index (χ0v) is 16.4. The first-order valence-corrected chi connectivity index (χ1v) is 9.80. The van der Waals surface area contributed by atoms with Crippen LogP contribution in [0, 0.1) is 0 Å². The van der Waals surface area contributed by atoms with Crippen LogP contribution in [0.2, 0.25) is 0 Å².